The van der Waals surface area contributed by atoms with E-state index in [0.29, 0.717) is 9.21 Å². The van der Waals surface area contributed by atoms with E-state index in [1.54, 1.807) is 23.6 Å². The van der Waals surface area contributed by atoms with Crippen LogP contribution >= 0.6 is 34.3 Å². The summed E-state index contributed by atoms with van der Waals surface area (Å²) in [5.41, 5.74) is 0. The number of hydrogen-bond acceptors (Lipinski definition) is 4. The summed E-state index contributed by atoms with van der Waals surface area (Å²) in [6.45, 7) is 1.81. The van der Waals surface area contributed by atoms with Crippen LogP contribution in [0.4, 0.5) is 4.79 Å². The average molecular weight is 345 g/mol. The fraction of sp³-hybridized carbons (Fsp3) is 0.231. The standard InChI is InChI=1S/C13H13ClN2O3S2/c1-7(8-4-5-10(14)21-8)15-13(19)16-11(12(17)18)9-3-2-6-20-9/h2-7,11H,1H3,(H,17,18)(H2,15,16,19). The number of aliphatic carboxylic acids is 1. The average Bonchev–Trinajstić information content (AvgIpc) is 3.06. The molecule has 2 rings (SSSR count). The maximum absolute atomic E-state index is 11.9. The van der Waals surface area contributed by atoms with Gasteiger partial charge in [0, 0.05) is 9.75 Å². The summed E-state index contributed by atoms with van der Waals surface area (Å²) in [4.78, 5) is 24.7. The molecule has 0 saturated heterocycles. The Kier molecular flexibility index (Phi) is 5.22. The third kappa shape index (κ3) is 4.20. The fourth-order valence-corrected chi connectivity index (χ4v) is 3.54. The number of carbonyl (C=O) groups excluding carboxylic acids is 1. The Morgan fingerprint density at radius 3 is 2.52 bits per heavy atom. The number of rotatable bonds is 5. The van der Waals surface area contributed by atoms with Crippen LogP contribution in [0.1, 0.15) is 28.8 Å². The van der Waals surface area contributed by atoms with Gasteiger partial charge in [-0.25, -0.2) is 9.59 Å². The predicted octanol–water partition coefficient (Wildman–Crippen LogP) is 3.65. The van der Waals surface area contributed by atoms with Gasteiger partial charge in [0.1, 0.15) is 0 Å². The number of halogens is 1. The van der Waals surface area contributed by atoms with E-state index in [-0.39, 0.29) is 6.04 Å². The van der Waals surface area contributed by atoms with E-state index in [1.807, 2.05) is 13.0 Å². The van der Waals surface area contributed by atoms with Crippen LogP contribution in [0.25, 0.3) is 0 Å². The van der Waals surface area contributed by atoms with Crippen molar-refractivity contribution in [1.82, 2.24) is 10.6 Å². The molecule has 0 saturated carbocycles. The third-order valence-corrected chi connectivity index (χ3v) is 5.07. The van der Waals surface area contributed by atoms with Crippen molar-refractivity contribution in [3.63, 3.8) is 0 Å². The fourth-order valence-electron chi connectivity index (χ4n) is 1.71. The van der Waals surface area contributed by atoms with Gasteiger partial charge in [0.2, 0.25) is 0 Å². The van der Waals surface area contributed by atoms with Gasteiger partial charge >= 0.3 is 12.0 Å². The highest BCUT2D eigenvalue weighted by molar-refractivity contribution is 7.16. The van der Waals surface area contributed by atoms with Gasteiger partial charge in [0.05, 0.1) is 10.4 Å². The molecule has 0 radical (unpaired) electrons. The molecule has 0 bridgehead atoms. The van der Waals surface area contributed by atoms with E-state index in [1.165, 1.54) is 22.7 Å². The molecule has 3 N–H and O–H groups in total. The molecule has 2 unspecified atom stereocenters. The largest absolute Gasteiger partial charge is 0.479 e. The Hall–Kier alpha value is -1.57. The molecule has 2 heterocycles. The van der Waals surface area contributed by atoms with Crippen molar-refractivity contribution in [3.8, 4) is 0 Å². The van der Waals surface area contributed by atoms with Crippen LogP contribution in [0, 0.1) is 0 Å². The Morgan fingerprint density at radius 2 is 2.00 bits per heavy atom. The van der Waals surface area contributed by atoms with Crippen LogP contribution in [-0.4, -0.2) is 17.1 Å². The highest BCUT2D eigenvalue weighted by atomic mass is 35.5. The van der Waals surface area contributed by atoms with Crippen molar-refractivity contribution >= 4 is 46.3 Å². The predicted molar refractivity (Wildman–Crippen MR) is 84.1 cm³/mol. The van der Waals surface area contributed by atoms with E-state index < -0.39 is 18.0 Å². The maximum atomic E-state index is 11.9. The summed E-state index contributed by atoms with van der Waals surface area (Å²) in [7, 11) is 0. The van der Waals surface area contributed by atoms with Gasteiger partial charge in [0.15, 0.2) is 6.04 Å². The second-order valence-electron chi connectivity index (χ2n) is 4.27. The highest BCUT2D eigenvalue weighted by Crippen LogP contribution is 2.26. The zero-order valence-corrected chi connectivity index (χ0v) is 13.4. The van der Waals surface area contributed by atoms with Gasteiger partial charge in [0.25, 0.3) is 0 Å². The van der Waals surface area contributed by atoms with Crippen LogP contribution in [-0.2, 0) is 4.79 Å². The van der Waals surface area contributed by atoms with Crippen molar-refractivity contribution in [3.05, 3.63) is 43.7 Å². The van der Waals surface area contributed by atoms with Gasteiger partial charge in [-0.2, -0.15) is 0 Å². The highest BCUT2D eigenvalue weighted by Gasteiger charge is 2.23. The van der Waals surface area contributed by atoms with Gasteiger partial charge < -0.3 is 15.7 Å². The lowest BCUT2D eigenvalue weighted by atomic mass is 10.2. The van der Waals surface area contributed by atoms with Gasteiger partial charge in [-0.05, 0) is 30.5 Å². The lowest BCUT2D eigenvalue weighted by Crippen LogP contribution is -2.41. The molecule has 0 fully saturated rings. The topological polar surface area (TPSA) is 78.4 Å². The molecular formula is C13H13ClN2O3S2. The van der Waals surface area contributed by atoms with Crippen molar-refractivity contribution in [2.45, 2.75) is 19.0 Å². The second-order valence-corrected chi connectivity index (χ2v) is 6.99. The van der Waals surface area contributed by atoms with Gasteiger partial charge in [-0.1, -0.05) is 17.7 Å². The molecule has 112 valence electrons. The number of urea groups is 1. The van der Waals surface area contributed by atoms with Crippen molar-refractivity contribution in [1.29, 1.82) is 0 Å². The van der Waals surface area contributed by atoms with Crippen molar-refractivity contribution in [2.24, 2.45) is 0 Å². The minimum absolute atomic E-state index is 0.250. The van der Waals surface area contributed by atoms with Crippen LogP contribution in [0.2, 0.25) is 4.34 Å². The van der Waals surface area contributed by atoms with Crippen molar-refractivity contribution in [2.75, 3.05) is 0 Å². The molecular weight excluding hydrogens is 332 g/mol. The molecule has 2 atom stereocenters. The summed E-state index contributed by atoms with van der Waals surface area (Å²) in [6.07, 6.45) is 0. The van der Waals surface area contributed by atoms with Crippen LogP contribution in [0.15, 0.2) is 29.6 Å². The molecule has 2 aromatic rings. The zero-order valence-electron chi connectivity index (χ0n) is 11.0. The molecule has 0 aromatic carbocycles. The van der Waals surface area contributed by atoms with E-state index in [4.69, 9.17) is 11.6 Å². The molecule has 5 nitrogen and oxygen atoms in total. The lowest BCUT2D eigenvalue weighted by Gasteiger charge is -2.17. The third-order valence-electron chi connectivity index (χ3n) is 2.72. The van der Waals surface area contributed by atoms with Gasteiger partial charge in [-0.15, -0.1) is 22.7 Å². The molecule has 21 heavy (non-hydrogen) atoms. The Labute approximate surface area is 134 Å². The number of carboxylic acid groups (broad SMARTS) is 1. The Balaban J connectivity index is 1.98. The summed E-state index contributed by atoms with van der Waals surface area (Å²) >= 11 is 8.50. The van der Waals surface area contributed by atoms with E-state index in [2.05, 4.69) is 10.6 Å². The first-order valence-electron chi connectivity index (χ1n) is 6.06. The van der Waals surface area contributed by atoms with E-state index in [9.17, 15) is 14.7 Å². The number of carboxylic acids is 1. The smallest absolute Gasteiger partial charge is 0.331 e. The Bertz CT molecular complexity index is 627. The molecule has 2 aromatic heterocycles. The lowest BCUT2D eigenvalue weighted by molar-refractivity contribution is -0.139. The first kappa shape index (κ1) is 15.8. The molecule has 0 aliphatic carbocycles. The SMILES string of the molecule is CC(NC(=O)NC(C(=O)O)c1cccs1)c1ccc(Cl)s1. The van der Waals surface area contributed by atoms with Gasteiger partial charge in [-0.3, -0.25) is 0 Å². The molecule has 0 aliphatic rings. The maximum Gasteiger partial charge on any atom is 0.331 e. The quantitative estimate of drug-likeness (QED) is 0.774. The van der Waals surface area contributed by atoms with Crippen molar-refractivity contribution < 1.29 is 14.7 Å². The number of nitrogens with one attached hydrogen (secondary N) is 2. The molecule has 0 aliphatic heterocycles. The van der Waals surface area contributed by atoms with E-state index >= 15 is 0 Å². The number of thiophene rings is 2. The minimum atomic E-state index is -1.10. The first-order chi connectivity index (χ1) is 9.97. The zero-order chi connectivity index (χ0) is 15.4. The summed E-state index contributed by atoms with van der Waals surface area (Å²) in [5.74, 6) is -1.10. The summed E-state index contributed by atoms with van der Waals surface area (Å²) < 4.78 is 0.640. The monoisotopic (exact) mass is 344 g/mol. The first-order valence-corrected chi connectivity index (χ1v) is 8.13. The second kappa shape index (κ2) is 6.93. The number of amides is 2. The number of carbonyl (C=O) groups is 2. The van der Waals surface area contributed by atoms with Crippen LogP contribution < -0.4 is 10.6 Å². The normalized spacial score (nSPS) is 13.4. The van der Waals surface area contributed by atoms with E-state index in [0.717, 1.165) is 4.88 Å². The Morgan fingerprint density at radius 1 is 1.24 bits per heavy atom. The minimum Gasteiger partial charge on any atom is -0.479 e. The molecule has 2 amide bonds. The van der Waals surface area contributed by atoms with Crippen LogP contribution in [0.5, 0.6) is 0 Å². The number of hydrogen-bond donors (Lipinski definition) is 3. The summed E-state index contributed by atoms with van der Waals surface area (Å²) in [6, 6.07) is 5.16. The summed E-state index contributed by atoms with van der Waals surface area (Å²) in [5, 5.41) is 16.1. The van der Waals surface area contributed by atoms with Crippen LogP contribution in [0.3, 0.4) is 0 Å². The molecule has 8 heteroatoms. The molecule has 0 spiro atoms.